The molecule has 2 atom stereocenters. The van der Waals surface area contributed by atoms with E-state index in [0.717, 1.165) is 22.9 Å². The molecule has 2 aromatic rings. The number of aromatic nitrogens is 1. The standard InChI is InChI=1S/C13H11NO2/c15-13(16)11-7-10(11)12-9-4-2-1-3-8(9)5-6-14-12/h1-6,10-11H,7H2,(H,15,16). The lowest BCUT2D eigenvalue weighted by Gasteiger charge is -2.03. The van der Waals surface area contributed by atoms with Crippen LogP contribution in [0.1, 0.15) is 18.0 Å². The Bertz CT molecular complexity index is 559. The van der Waals surface area contributed by atoms with Gasteiger partial charge in [0.15, 0.2) is 0 Å². The molecule has 3 nitrogen and oxygen atoms in total. The van der Waals surface area contributed by atoms with Gasteiger partial charge in [0, 0.05) is 17.5 Å². The average molecular weight is 213 g/mol. The molecule has 2 unspecified atom stereocenters. The molecule has 1 aromatic carbocycles. The van der Waals surface area contributed by atoms with E-state index in [4.69, 9.17) is 5.11 Å². The van der Waals surface area contributed by atoms with E-state index in [1.807, 2.05) is 30.3 Å². The minimum atomic E-state index is -0.709. The van der Waals surface area contributed by atoms with Crippen molar-refractivity contribution in [1.82, 2.24) is 4.98 Å². The van der Waals surface area contributed by atoms with Gasteiger partial charge in [-0.05, 0) is 17.9 Å². The van der Waals surface area contributed by atoms with Crippen LogP contribution in [0.4, 0.5) is 0 Å². The maximum atomic E-state index is 10.9. The van der Waals surface area contributed by atoms with E-state index >= 15 is 0 Å². The molecule has 0 amide bonds. The Labute approximate surface area is 92.7 Å². The molecule has 1 heterocycles. The minimum Gasteiger partial charge on any atom is -0.481 e. The summed E-state index contributed by atoms with van der Waals surface area (Å²) in [7, 11) is 0. The van der Waals surface area contributed by atoms with Crippen LogP contribution in [-0.4, -0.2) is 16.1 Å². The summed E-state index contributed by atoms with van der Waals surface area (Å²) in [6.07, 6.45) is 2.48. The fourth-order valence-electron chi connectivity index (χ4n) is 2.21. The Morgan fingerprint density at radius 1 is 1.31 bits per heavy atom. The van der Waals surface area contributed by atoms with Crippen molar-refractivity contribution < 1.29 is 9.90 Å². The van der Waals surface area contributed by atoms with Crippen LogP contribution in [0, 0.1) is 5.92 Å². The number of carboxylic acid groups (broad SMARTS) is 1. The minimum absolute atomic E-state index is 0.101. The number of hydrogen-bond acceptors (Lipinski definition) is 2. The highest BCUT2D eigenvalue weighted by molar-refractivity contribution is 5.86. The zero-order valence-corrected chi connectivity index (χ0v) is 8.63. The lowest BCUT2D eigenvalue weighted by molar-refractivity contribution is -0.138. The number of rotatable bonds is 2. The lowest BCUT2D eigenvalue weighted by Crippen LogP contribution is -2.00. The van der Waals surface area contributed by atoms with Gasteiger partial charge >= 0.3 is 5.97 Å². The van der Waals surface area contributed by atoms with Crippen molar-refractivity contribution >= 4 is 16.7 Å². The third-order valence-electron chi connectivity index (χ3n) is 3.16. The maximum Gasteiger partial charge on any atom is 0.307 e. The van der Waals surface area contributed by atoms with Crippen molar-refractivity contribution in [3.05, 3.63) is 42.2 Å². The SMILES string of the molecule is O=C(O)C1CC1c1nccc2ccccc12. The number of aliphatic carboxylic acids is 1. The molecule has 1 fully saturated rings. The van der Waals surface area contributed by atoms with Gasteiger partial charge in [0.2, 0.25) is 0 Å². The quantitative estimate of drug-likeness (QED) is 0.833. The molecule has 1 aliphatic carbocycles. The molecular weight excluding hydrogens is 202 g/mol. The molecule has 0 bridgehead atoms. The van der Waals surface area contributed by atoms with Gasteiger partial charge in [-0.3, -0.25) is 9.78 Å². The second-order valence-corrected chi connectivity index (χ2v) is 4.20. The summed E-state index contributed by atoms with van der Waals surface area (Å²) in [6.45, 7) is 0. The first-order chi connectivity index (χ1) is 7.77. The summed E-state index contributed by atoms with van der Waals surface area (Å²) in [5, 5.41) is 11.1. The molecule has 1 saturated carbocycles. The molecule has 1 aromatic heterocycles. The Morgan fingerprint density at radius 2 is 2.12 bits per heavy atom. The van der Waals surface area contributed by atoms with E-state index in [-0.39, 0.29) is 11.8 Å². The first kappa shape index (κ1) is 9.33. The van der Waals surface area contributed by atoms with Crippen LogP contribution in [0.3, 0.4) is 0 Å². The van der Waals surface area contributed by atoms with Gasteiger partial charge in [0.05, 0.1) is 11.6 Å². The third kappa shape index (κ3) is 1.36. The largest absolute Gasteiger partial charge is 0.481 e. The predicted octanol–water partition coefficient (Wildman–Crippen LogP) is 2.42. The van der Waals surface area contributed by atoms with E-state index < -0.39 is 5.97 Å². The molecule has 0 spiro atoms. The first-order valence-corrected chi connectivity index (χ1v) is 5.34. The van der Waals surface area contributed by atoms with Gasteiger partial charge in [-0.2, -0.15) is 0 Å². The zero-order chi connectivity index (χ0) is 11.1. The van der Waals surface area contributed by atoms with Gasteiger partial charge in [-0.25, -0.2) is 0 Å². The van der Waals surface area contributed by atoms with Crippen LogP contribution in [0.2, 0.25) is 0 Å². The van der Waals surface area contributed by atoms with E-state index in [1.54, 1.807) is 6.20 Å². The zero-order valence-electron chi connectivity index (χ0n) is 8.63. The van der Waals surface area contributed by atoms with Crippen LogP contribution in [-0.2, 0) is 4.79 Å². The molecule has 3 rings (SSSR count). The van der Waals surface area contributed by atoms with Crippen molar-refractivity contribution in [3.8, 4) is 0 Å². The number of fused-ring (bicyclic) bond motifs is 1. The van der Waals surface area contributed by atoms with E-state index in [1.165, 1.54) is 0 Å². The summed E-state index contributed by atoms with van der Waals surface area (Å²) in [5.74, 6) is -0.846. The highest BCUT2D eigenvalue weighted by atomic mass is 16.4. The summed E-state index contributed by atoms with van der Waals surface area (Å²) in [5.41, 5.74) is 0.936. The van der Waals surface area contributed by atoms with Crippen LogP contribution < -0.4 is 0 Å². The van der Waals surface area contributed by atoms with Crippen LogP contribution >= 0.6 is 0 Å². The van der Waals surface area contributed by atoms with Gasteiger partial charge in [-0.15, -0.1) is 0 Å². The van der Waals surface area contributed by atoms with Gasteiger partial charge in [0.1, 0.15) is 0 Å². The van der Waals surface area contributed by atoms with E-state index in [0.29, 0.717) is 0 Å². The summed E-state index contributed by atoms with van der Waals surface area (Å²) < 4.78 is 0. The maximum absolute atomic E-state index is 10.9. The molecule has 80 valence electrons. The van der Waals surface area contributed by atoms with Crippen molar-refractivity contribution in [2.45, 2.75) is 12.3 Å². The monoisotopic (exact) mass is 213 g/mol. The van der Waals surface area contributed by atoms with E-state index in [9.17, 15) is 4.79 Å². The lowest BCUT2D eigenvalue weighted by atomic mass is 10.1. The molecule has 0 radical (unpaired) electrons. The van der Waals surface area contributed by atoms with Crippen LogP contribution in [0.15, 0.2) is 36.5 Å². The predicted molar refractivity (Wildman–Crippen MR) is 60.2 cm³/mol. The smallest absolute Gasteiger partial charge is 0.307 e. The number of pyridine rings is 1. The van der Waals surface area contributed by atoms with Crippen molar-refractivity contribution in [3.63, 3.8) is 0 Å². The number of carbonyl (C=O) groups is 1. The normalized spacial score (nSPS) is 23.2. The number of carboxylic acids is 1. The molecule has 0 saturated heterocycles. The number of hydrogen-bond donors (Lipinski definition) is 1. The molecule has 0 aliphatic heterocycles. The fourth-order valence-corrected chi connectivity index (χ4v) is 2.21. The Morgan fingerprint density at radius 3 is 2.88 bits per heavy atom. The Kier molecular flexibility index (Phi) is 1.93. The molecule has 3 heteroatoms. The molecule has 1 aliphatic rings. The third-order valence-corrected chi connectivity index (χ3v) is 3.16. The summed E-state index contributed by atoms with van der Waals surface area (Å²) in [6, 6.07) is 9.93. The highest BCUT2D eigenvalue weighted by Crippen LogP contribution is 2.48. The van der Waals surface area contributed by atoms with Gasteiger partial charge in [-0.1, -0.05) is 24.3 Å². The fraction of sp³-hybridized carbons (Fsp3) is 0.231. The van der Waals surface area contributed by atoms with Crippen molar-refractivity contribution in [2.75, 3.05) is 0 Å². The van der Waals surface area contributed by atoms with Crippen LogP contribution in [0.5, 0.6) is 0 Å². The van der Waals surface area contributed by atoms with Gasteiger partial charge in [0.25, 0.3) is 0 Å². The van der Waals surface area contributed by atoms with Gasteiger partial charge < -0.3 is 5.11 Å². The molecule has 1 N–H and O–H groups in total. The second kappa shape index (κ2) is 3.30. The average Bonchev–Trinajstić information content (AvgIpc) is 3.08. The first-order valence-electron chi connectivity index (χ1n) is 5.34. The molecule has 16 heavy (non-hydrogen) atoms. The van der Waals surface area contributed by atoms with E-state index in [2.05, 4.69) is 4.98 Å². The summed E-state index contributed by atoms with van der Waals surface area (Å²) >= 11 is 0. The number of nitrogens with zero attached hydrogens (tertiary/aromatic N) is 1. The molecular formula is C13H11NO2. The Hall–Kier alpha value is -1.90. The summed E-state index contributed by atoms with van der Waals surface area (Å²) in [4.78, 5) is 15.2. The highest BCUT2D eigenvalue weighted by Gasteiger charge is 2.45. The van der Waals surface area contributed by atoms with Crippen molar-refractivity contribution in [1.29, 1.82) is 0 Å². The van der Waals surface area contributed by atoms with Crippen LogP contribution in [0.25, 0.3) is 10.8 Å². The number of benzene rings is 1. The topological polar surface area (TPSA) is 50.2 Å². The van der Waals surface area contributed by atoms with Crippen molar-refractivity contribution in [2.24, 2.45) is 5.92 Å². The Balaban J connectivity index is 2.08. The second-order valence-electron chi connectivity index (χ2n) is 4.20.